The van der Waals surface area contributed by atoms with E-state index >= 15 is 0 Å². The van der Waals surface area contributed by atoms with Gasteiger partial charge in [-0.25, -0.2) is 0 Å². The quantitative estimate of drug-likeness (QED) is 0.288. The summed E-state index contributed by atoms with van der Waals surface area (Å²) in [6.45, 7) is 1.06. The summed E-state index contributed by atoms with van der Waals surface area (Å²) in [6, 6.07) is 7.22. The average Bonchev–Trinajstić information content (AvgIpc) is 2.28. The summed E-state index contributed by atoms with van der Waals surface area (Å²) < 4.78 is 0.880. The lowest BCUT2D eigenvalue weighted by Crippen LogP contribution is -2.26. The van der Waals surface area contributed by atoms with Gasteiger partial charge in [-0.1, -0.05) is 22.0 Å². The zero-order valence-electron chi connectivity index (χ0n) is 9.73. The van der Waals surface area contributed by atoms with Crippen LogP contribution in [0.1, 0.15) is 16.8 Å². The van der Waals surface area contributed by atoms with Gasteiger partial charge in [-0.05, 0) is 24.6 Å². The van der Waals surface area contributed by atoms with Crippen LogP contribution in [0.3, 0.4) is 0 Å². The lowest BCUT2D eigenvalue weighted by molar-refractivity contribution is 0.0953. The van der Waals surface area contributed by atoms with Crippen LogP contribution in [-0.4, -0.2) is 25.0 Å². The fourth-order valence-electron chi connectivity index (χ4n) is 1.22. The Kier molecular flexibility index (Phi) is 8.73. The molecule has 0 bridgehead atoms. The van der Waals surface area contributed by atoms with Crippen molar-refractivity contribution in [1.29, 1.82) is 0 Å². The minimum absolute atomic E-state index is 0. The maximum Gasteiger partial charge on any atom is 0.251 e. The number of hydrogen-bond acceptors (Lipinski definition) is 2. The highest BCUT2D eigenvalue weighted by Gasteiger charge is 2.04. The molecule has 0 unspecified atom stereocenters. The molecule has 0 aliphatic rings. The van der Waals surface area contributed by atoms with Crippen LogP contribution in [0.2, 0.25) is 0 Å². The smallest absolute Gasteiger partial charge is 0.251 e. The Hall–Kier alpha value is -0.830. The molecule has 0 atom stereocenters. The third-order valence-electron chi connectivity index (χ3n) is 2.00. The molecule has 0 fully saturated rings. The van der Waals surface area contributed by atoms with Gasteiger partial charge in [-0.15, -0.1) is 24.0 Å². The molecule has 1 amide bonds. The second-order valence-corrected chi connectivity index (χ2v) is 4.34. The minimum atomic E-state index is -0.101. The van der Waals surface area contributed by atoms with E-state index in [2.05, 4.69) is 26.2 Å². The third-order valence-corrected chi connectivity index (χ3v) is 2.49. The predicted molar refractivity (Wildman–Crippen MR) is 87.2 cm³/mol. The standard InChI is InChI=1S/C11H15BrN4O.HI/c12-9-4-1-3-8(7-9)10(17)15-5-2-6-16-11(13)14;/h1,3-4,7H,2,5-6H2,(H,15,17)(H4,13,14,16);1H. The molecule has 5 nitrogen and oxygen atoms in total. The van der Waals surface area contributed by atoms with E-state index in [1.165, 1.54) is 0 Å². The molecule has 7 heteroatoms. The molecule has 0 radical (unpaired) electrons. The van der Waals surface area contributed by atoms with Crippen molar-refractivity contribution >= 4 is 51.8 Å². The van der Waals surface area contributed by atoms with E-state index in [4.69, 9.17) is 11.5 Å². The van der Waals surface area contributed by atoms with Crippen LogP contribution in [0.15, 0.2) is 33.7 Å². The Morgan fingerprint density at radius 3 is 2.72 bits per heavy atom. The molecule has 1 rings (SSSR count). The molecule has 1 aromatic carbocycles. The zero-order chi connectivity index (χ0) is 12.7. The van der Waals surface area contributed by atoms with Crippen molar-refractivity contribution < 1.29 is 4.79 Å². The summed E-state index contributed by atoms with van der Waals surface area (Å²) in [7, 11) is 0. The Labute approximate surface area is 132 Å². The van der Waals surface area contributed by atoms with Crippen molar-refractivity contribution in [2.75, 3.05) is 13.1 Å². The van der Waals surface area contributed by atoms with Crippen LogP contribution in [0.5, 0.6) is 0 Å². The number of guanidine groups is 1. The first-order chi connectivity index (χ1) is 8.09. The van der Waals surface area contributed by atoms with Gasteiger partial charge >= 0.3 is 0 Å². The summed E-state index contributed by atoms with van der Waals surface area (Å²) >= 11 is 3.31. The van der Waals surface area contributed by atoms with Gasteiger partial charge in [0.25, 0.3) is 5.91 Å². The van der Waals surface area contributed by atoms with Crippen LogP contribution < -0.4 is 16.8 Å². The van der Waals surface area contributed by atoms with Crippen LogP contribution in [0, 0.1) is 0 Å². The molecular formula is C11H16BrIN4O. The van der Waals surface area contributed by atoms with E-state index in [9.17, 15) is 4.79 Å². The second-order valence-electron chi connectivity index (χ2n) is 3.43. The molecule has 5 N–H and O–H groups in total. The number of halogens is 2. The first-order valence-electron chi connectivity index (χ1n) is 5.19. The van der Waals surface area contributed by atoms with Crippen molar-refractivity contribution in [3.63, 3.8) is 0 Å². The van der Waals surface area contributed by atoms with E-state index in [1.807, 2.05) is 12.1 Å². The molecule has 0 saturated heterocycles. The molecule has 0 saturated carbocycles. The highest BCUT2D eigenvalue weighted by atomic mass is 127. The number of benzene rings is 1. The van der Waals surface area contributed by atoms with Crippen LogP contribution in [-0.2, 0) is 0 Å². The van der Waals surface area contributed by atoms with Crippen molar-refractivity contribution in [3.05, 3.63) is 34.3 Å². The number of carbonyl (C=O) groups excluding carboxylic acids is 1. The molecule has 0 heterocycles. The van der Waals surface area contributed by atoms with Crippen molar-refractivity contribution in [1.82, 2.24) is 5.32 Å². The Bertz CT molecular complexity index is 421. The van der Waals surface area contributed by atoms with Gasteiger partial charge in [-0.3, -0.25) is 9.79 Å². The Morgan fingerprint density at radius 2 is 2.11 bits per heavy atom. The van der Waals surface area contributed by atoms with E-state index < -0.39 is 0 Å². The van der Waals surface area contributed by atoms with Gasteiger partial charge in [0.1, 0.15) is 0 Å². The fraction of sp³-hybridized carbons (Fsp3) is 0.273. The number of nitrogens with two attached hydrogens (primary N) is 2. The summed E-state index contributed by atoms with van der Waals surface area (Å²) in [5, 5.41) is 2.79. The van der Waals surface area contributed by atoms with Gasteiger partial charge in [0, 0.05) is 23.1 Å². The molecule has 0 aliphatic heterocycles. The molecule has 1 aromatic rings. The second kappa shape index (κ2) is 9.15. The first kappa shape index (κ1) is 17.2. The molecule has 100 valence electrons. The van der Waals surface area contributed by atoms with Crippen molar-refractivity contribution in [3.8, 4) is 0 Å². The third kappa shape index (κ3) is 6.80. The number of rotatable bonds is 5. The first-order valence-corrected chi connectivity index (χ1v) is 5.98. The molecule has 0 aromatic heterocycles. The lowest BCUT2D eigenvalue weighted by atomic mass is 10.2. The number of hydrogen-bond donors (Lipinski definition) is 3. The van der Waals surface area contributed by atoms with Gasteiger partial charge in [0.2, 0.25) is 0 Å². The molecule has 0 spiro atoms. The highest BCUT2D eigenvalue weighted by Crippen LogP contribution is 2.11. The highest BCUT2D eigenvalue weighted by molar-refractivity contribution is 14.0. The summed E-state index contributed by atoms with van der Waals surface area (Å²) in [6.07, 6.45) is 0.706. The topological polar surface area (TPSA) is 93.5 Å². The molecule has 18 heavy (non-hydrogen) atoms. The summed E-state index contributed by atoms with van der Waals surface area (Å²) in [4.78, 5) is 15.5. The van der Waals surface area contributed by atoms with E-state index in [0.29, 0.717) is 25.1 Å². The van der Waals surface area contributed by atoms with Crippen LogP contribution in [0.25, 0.3) is 0 Å². The van der Waals surface area contributed by atoms with Gasteiger partial charge < -0.3 is 16.8 Å². The van der Waals surface area contributed by atoms with E-state index in [1.54, 1.807) is 12.1 Å². The number of aliphatic imine (C=N–C) groups is 1. The lowest BCUT2D eigenvalue weighted by Gasteiger charge is -2.04. The van der Waals surface area contributed by atoms with Crippen molar-refractivity contribution in [2.24, 2.45) is 16.5 Å². The summed E-state index contributed by atoms with van der Waals surface area (Å²) in [5.74, 6) is -0.0284. The number of carbonyl (C=O) groups is 1. The maximum absolute atomic E-state index is 11.7. The number of amides is 1. The largest absolute Gasteiger partial charge is 0.370 e. The van der Waals surface area contributed by atoms with E-state index in [-0.39, 0.29) is 35.8 Å². The average molecular weight is 427 g/mol. The normalized spacial score (nSPS) is 9.17. The van der Waals surface area contributed by atoms with Gasteiger partial charge in [0.15, 0.2) is 5.96 Å². The number of nitrogens with zero attached hydrogens (tertiary/aromatic N) is 1. The Balaban J connectivity index is 0.00000289. The SMILES string of the molecule is I.NC(N)=NCCCNC(=O)c1cccc(Br)c1. The zero-order valence-corrected chi connectivity index (χ0v) is 13.6. The van der Waals surface area contributed by atoms with Gasteiger partial charge in [-0.2, -0.15) is 0 Å². The molecular weight excluding hydrogens is 411 g/mol. The Morgan fingerprint density at radius 1 is 1.39 bits per heavy atom. The molecule has 0 aliphatic carbocycles. The van der Waals surface area contributed by atoms with Crippen LogP contribution in [0.4, 0.5) is 0 Å². The predicted octanol–water partition coefficient (Wildman–Crippen LogP) is 1.46. The van der Waals surface area contributed by atoms with Crippen molar-refractivity contribution in [2.45, 2.75) is 6.42 Å². The maximum atomic E-state index is 11.7. The van der Waals surface area contributed by atoms with E-state index in [0.717, 1.165) is 4.47 Å². The number of nitrogens with one attached hydrogen (secondary N) is 1. The fourth-order valence-corrected chi connectivity index (χ4v) is 1.62. The monoisotopic (exact) mass is 426 g/mol. The minimum Gasteiger partial charge on any atom is -0.370 e. The summed E-state index contributed by atoms with van der Waals surface area (Å²) in [5.41, 5.74) is 11.0. The van der Waals surface area contributed by atoms with Crippen LogP contribution >= 0.6 is 39.9 Å². The van der Waals surface area contributed by atoms with Gasteiger partial charge in [0.05, 0.1) is 0 Å².